The number of rotatable bonds is 4. The second-order valence-electron chi connectivity index (χ2n) is 4.91. The third-order valence-corrected chi connectivity index (χ3v) is 4.29. The molecular formula is C17H13BrO4. The molecule has 0 N–H and O–H groups in total. The van der Waals surface area contributed by atoms with Crippen molar-refractivity contribution in [1.82, 2.24) is 0 Å². The van der Waals surface area contributed by atoms with Crippen LogP contribution in [-0.2, 0) is 20.9 Å². The Hall–Kier alpha value is -2.14. The monoisotopic (exact) mass is 360 g/mol. The van der Waals surface area contributed by atoms with Gasteiger partial charge in [-0.15, -0.1) is 0 Å². The van der Waals surface area contributed by atoms with Crippen molar-refractivity contribution in [3.05, 3.63) is 71.3 Å². The molecule has 2 aromatic rings. The number of ether oxygens (including phenoxy) is 2. The number of halogens is 1. The molecule has 0 fully saturated rings. The average Bonchev–Trinajstić information content (AvgIpc) is 2.90. The van der Waals surface area contributed by atoms with Crippen molar-refractivity contribution in [2.45, 2.75) is 17.5 Å². The van der Waals surface area contributed by atoms with Crippen LogP contribution in [-0.4, -0.2) is 16.8 Å². The molecule has 112 valence electrons. The number of carbonyl (C=O) groups is 2. The van der Waals surface area contributed by atoms with Gasteiger partial charge >= 0.3 is 11.9 Å². The summed E-state index contributed by atoms with van der Waals surface area (Å²) < 4.78 is 10.6. The first-order valence-electron chi connectivity index (χ1n) is 6.81. The van der Waals surface area contributed by atoms with Crippen LogP contribution in [0.4, 0.5) is 0 Å². The Morgan fingerprint density at radius 1 is 1.14 bits per heavy atom. The minimum absolute atomic E-state index is 0.185. The Kier molecular flexibility index (Phi) is 4.24. The smallest absolute Gasteiger partial charge is 0.339 e. The van der Waals surface area contributed by atoms with Crippen molar-refractivity contribution in [2.75, 3.05) is 0 Å². The van der Waals surface area contributed by atoms with Crippen molar-refractivity contribution in [3.63, 3.8) is 0 Å². The van der Waals surface area contributed by atoms with Gasteiger partial charge in [0.1, 0.15) is 6.61 Å². The maximum atomic E-state index is 12.2. The predicted octanol–water partition coefficient (Wildman–Crippen LogP) is 3.41. The van der Waals surface area contributed by atoms with Crippen LogP contribution in [0, 0.1) is 0 Å². The summed E-state index contributed by atoms with van der Waals surface area (Å²) in [6.07, 6.45) is -0.660. The predicted molar refractivity (Wildman–Crippen MR) is 83.6 cm³/mol. The quantitative estimate of drug-likeness (QED) is 0.619. The highest BCUT2D eigenvalue weighted by molar-refractivity contribution is 9.10. The van der Waals surface area contributed by atoms with Crippen LogP contribution in [0.2, 0.25) is 0 Å². The molecule has 0 aromatic heterocycles. The normalized spacial score (nSPS) is 17.5. The molecule has 0 bridgehead atoms. The Morgan fingerprint density at radius 3 is 2.59 bits per heavy atom. The minimum Gasteiger partial charge on any atom is -0.460 e. The number of carbonyl (C=O) groups excluding carboxylic acids is 2. The standard InChI is InChI=1S/C17H13BrO4/c18-14(17(20)21-10-11-6-2-1-3-7-11)15-12-8-4-5-9-13(12)16(19)22-15/h1-9,14-15H,10H2/t14-,15-/m1/s1. The summed E-state index contributed by atoms with van der Waals surface area (Å²) >= 11 is 3.29. The summed E-state index contributed by atoms with van der Waals surface area (Å²) in [4.78, 5) is 23.2. The molecule has 0 amide bonds. The van der Waals surface area contributed by atoms with Gasteiger partial charge in [0.25, 0.3) is 0 Å². The SMILES string of the molecule is O=C1O[C@@H]([C@@H](Br)C(=O)OCc2ccccc2)c2ccccc21. The molecule has 0 saturated heterocycles. The molecule has 5 heteroatoms. The van der Waals surface area contributed by atoms with Crippen LogP contribution in [0.25, 0.3) is 0 Å². The maximum Gasteiger partial charge on any atom is 0.339 e. The van der Waals surface area contributed by atoms with E-state index in [0.29, 0.717) is 11.1 Å². The Labute approximate surface area is 136 Å². The molecule has 1 aliphatic rings. The fourth-order valence-electron chi connectivity index (χ4n) is 2.32. The van der Waals surface area contributed by atoms with E-state index >= 15 is 0 Å². The van der Waals surface area contributed by atoms with Gasteiger partial charge < -0.3 is 9.47 Å². The van der Waals surface area contributed by atoms with E-state index < -0.39 is 22.9 Å². The summed E-state index contributed by atoms with van der Waals surface area (Å²) in [5.74, 6) is -0.876. The summed E-state index contributed by atoms with van der Waals surface area (Å²) in [6, 6.07) is 16.4. The van der Waals surface area contributed by atoms with Gasteiger partial charge in [-0.2, -0.15) is 0 Å². The molecule has 3 rings (SSSR count). The first kappa shape index (κ1) is 14.8. The molecule has 0 radical (unpaired) electrons. The molecule has 1 aliphatic heterocycles. The van der Waals surface area contributed by atoms with Gasteiger partial charge in [-0.1, -0.05) is 64.5 Å². The highest BCUT2D eigenvalue weighted by Crippen LogP contribution is 2.36. The Balaban J connectivity index is 1.68. The van der Waals surface area contributed by atoms with Crippen molar-refractivity contribution in [2.24, 2.45) is 0 Å². The molecular weight excluding hydrogens is 348 g/mol. The number of fused-ring (bicyclic) bond motifs is 1. The topological polar surface area (TPSA) is 52.6 Å². The summed E-state index contributed by atoms with van der Waals surface area (Å²) in [6.45, 7) is 0.185. The fourth-order valence-corrected chi connectivity index (χ4v) is 2.85. The van der Waals surface area contributed by atoms with Crippen LogP contribution in [0.1, 0.15) is 27.6 Å². The lowest BCUT2D eigenvalue weighted by atomic mass is 10.0. The van der Waals surface area contributed by atoms with Gasteiger partial charge in [-0.05, 0) is 11.6 Å². The average molecular weight is 361 g/mol. The summed E-state index contributed by atoms with van der Waals surface area (Å²) in [5.41, 5.74) is 2.10. The lowest BCUT2D eigenvalue weighted by Crippen LogP contribution is -2.24. The van der Waals surface area contributed by atoms with Gasteiger partial charge in [0, 0.05) is 5.56 Å². The zero-order valence-corrected chi connectivity index (χ0v) is 13.2. The molecule has 0 unspecified atom stereocenters. The lowest BCUT2D eigenvalue weighted by Gasteiger charge is -2.16. The van der Waals surface area contributed by atoms with E-state index in [-0.39, 0.29) is 6.61 Å². The Morgan fingerprint density at radius 2 is 1.82 bits per heavy atom. The van der Waals surface area contributed by atoms with E-state index in [1.54, 1.807) is 18.2 Å². The Bertz CT molecular complexity index is 699. The third-order valence-electron chi connectivity index (χ3n) is 3.44. The highest BCUT2D eigenvalue weighted by atomic mass is 79.9. The van der Waals surface area contributed by atoms with E-state index in [0.717, 1.165) is 5.56 Å². The first-order chi connectivity index (χ1) is 10.7. The van der Waals surface area contributed by atoms with Crippen LogP contribution >= 0.6 is 15.9 Å². The van der Waals surface area contributed by atoms with Crippen LogP contribution < -0.4 is 0 Å². The van der Waals surface area contributed by atoms with E-state index in [1.807, 2.05) is 36.4 Å². The second-order valence-corrected chi connectivity index (χ2v) is 5.89. The van der Waals surface area contributed by atoms with Crippen molar-refractivity contribution < 1.29 is 19.1 Å². The number of alkyl halides is 1. The zero-order valence-electron chi connectivity index (χ0n) is 11.6. The van der Waals surface area contributed by atoms with Gasteiger partial charge in [0.05, 0.1) is 5.56 Å². The molecule has 4 nitrogen and oxygen atoms in total. The number of benzene rings is 2. The van der Waals surface area contributed by atoms with Gasteiger partial charge in [0.2, 0.25) is 0 Å². The van der Waals surface area contributed by atoms with Gasteiger partial charge in [0.15, 0.2) is 10.9 Å². The van der Waals surface area contributed by atoms with E-state index in [1.165, 1.54) is 0 Å². The first-order valence-corrected chi connectivity index (χ1v) is 7.73. The number of esters is 2. The minimum atomic E-state index is -0.733. The van der Waals surface area contributed by atoms with Crippen LogP contribution in [0.5, 0.6) is 0 Å². The molecule has 2 aromatic carbocycles. The number of cyclic esters (lactones) is 1. The largest absolute Gasteiger partial charge is 0.460 e. The van der Waals surface area contributed by atoms with Gasteiger partial charge in [-0.3, -0.25) is 4.79 Å². The molecule has 1 heterocycles. The van der Waals surface area contributed by atoms with E-state index in [4.69, 9.17) is 9.47 Å². The fraction of sp³-hybridized carbons (Fsp3) is 0.176. The molecule has 0 spiro atoms. The lowest BCUT2D eigenvalue weighted by molar-refractivity contribution is -0.146. The van der Waals surface area contributed by atoms with Crippen LogP contribution in [0.15, 0.2) is 54.6 Å². The third kappa shape index (κ3) is 2.90. The number of hydrogen-bond donors (Lipinski definition) is 0. The molecule has 0 aliphatic carbocycles. The molecule has 0 saturated carbocycles. The summed E-state index contributed by atoms with van der Waals surface area (Å²) in [5, 5.41) is 0. The van der Waals surface area contributed by atoms with Crippen molar-refractivity contribution in [3.8, 4) is 0 Å². The molecule has 22 heavy (non-hydrogen) atoms. The van der Waals surface area contributed by atoms with Gasteiger partial charge in [-0.25, -0.2) is 4.79 Å². The number of hydrogen-bond acceptors (Lipinski definition) is 4. The van der Waals surface area contributed by atoms with E-state index in [2.05, 4.69) is 15.9 Å². The zero-order chi connectivity index (χ0) is 15.5. The summed E-state index contributed by atoms with van der Waals surface area (Å²) in [7, 11) is 0. The maximum absolute atomic E-state index is 12.2. The van der Waals surface area contributed by atoms with Crippen molar-refractivity contribution in [1.29, 1.82) is 0 Å². The van der Waals surface area contributed by atoms with Crippen molar-refractivity contribution >= 4 is 27.9 Å². The highest BCUT2D eigenvalue weighted by Gasteiger charge is 2.39. The second kappa shape index (κ2) is 6.32. The molecule has 2 atom stereocenters. The van der Waals surface area contributed by atoms with Crippen LogP contribution in [0.3, 0.4) is 0 Å². The van der Waals surface area contributed by atoms with E-state index in [9.17, 15) is 9.59 Å².